The fraction of sp³-hybridized carbons (Fsp3) is 0.381. The lowest BCUT2D eigenvalue weighted by Gasteiger charge is -2.31. The van der Waals surface area contributed by atoms with Crippen LogP contribution in [0, 0.1) is 5.92 Å². The Morgan fingerprint density at radius 2 is 1.68 bits per heavy atom. The molecule has 0 saturated carbocycles. The predicted molar refractivity (Wildman–Crippen MR) is 97.7 cm³/mol. The van der Waals surface area contributed by atoms with Gasteiger partial charge in [0.25, 0.3) is 0 Å². The first-order chi connectivity index (χ1) is 12.2. The van der Waals surface area contributed by atoms with Gasteiger partial charge < -0.3 is 14.4 Å². The van der Waals surface area contributed by atoms with E-state index in [9.17, 15) is 4.79 Å². The third-order valence-corrected chi connectivity index (χ3v) is 4.60. The van der Waals surface area contributed by atoms with Crippen LogP contribution in [0.5, 0.6) is 11.5 Å². The molecule has 1 amide bonds. The fourth-order valence-electron chi connectivity index (χ4n) is 3.02. The largest absolute Gasteiger partial charge is 0.493 e. The molecule has 0 aliphatic carbocycles. The van der Waals surface area contributed by atoms with Gasteiger partial charge in [-0.1, -0.05) is 36.4 Å². The van der Waals surface area contributed by atoms with E-state index in [1.54, 1.807) is 6.92 Å². The SMILES string of the molecule is CC(=O)N1CCC(COc2cccc(OCc3ccccc3)c2)CC1. The highest BCUT2D eigenvalue weighted by Gasteiger charge is 2.21. The molecule has 4 heteroatoms. The summed E-state index contributed by atoms with van der Waals surface area (Å²) < 4.78 is 11.8. The van der Waals surface area contributed by atoms with Gasteiger partial charge in [-0.05, 0) is 36.5 Å². The molecule has 1 heterocycles. The molecule has 132 valence electrons. The van der Waals surface area contributed by atoms with Crippen molar-refractivity contribution in [2.75, 3.05) is 19.7 Å². The molecule has 1 fully saturated rings. The molecule has 1 aliphatic heterocycles. The monoisotopic (exact) mass is 339 g/mol. The van der Waals surface area contributed by atoms with Crippen LogP contribution in [0.3, 0.4) is 0 Å². The van der Waals surface area contributed by atoms with Gasteiger partial charge in [0.1, 0.15) is 18.1 Å². The number of hydrogen-bond donors (Lipinski definition) is 0. The number of nitrogens with zero attached hydrogens (tertiary/aromatic N) is 1. The maximum absolute atomic E-state index is 11.4. The van der Waals surface area contributed by atoms with E-state index >= 15 is 0 Å². The third kappa shape index (κ3) is 5.24. The van der Waals surface area contributed by atoms with Crippen molar-refractivity contribution < 1.29 is 14.3 Å². The van der Waals surface area contributed by atoms with Crippen LogP contribution in [0.25, 0.3) is 0 Å². The van der Waals surface area contributed by atoms with Crippen molar-refractivity contribution in [2.45, 2.75) is 26.4 Å². The summed E-state index contributed by atoms with van der Waals surface area (Å²) in [6.45, 7) is 4.55. The van der Waals surface area contributed by atoms with E-state index in [-0.39, 0.29) is 5.91 Å². The standard InChI is InChI=1S/C21H25NO3/c1-17(23)22-12-10-19(11-13-22)16-25-21-9-5-8-20(14-21)24-15-18-6-3-2-4-7-18/h2-9,14,19H,10-13,15-16H2,1H3. The summed E-state index contributed by atoms with van der Waals surface area (Å²) >= 11 is 0. The number of benzene rings is 2. The van der Waals surface area contributed by atoms with Crippen molar-refractivity contribution in [3.8, 4) is 11.5 Å². The van der Waals surface area contributed by atoms with Crippen molar-refractivity contribution >= 4 is 5.91 Å². The number of likely N-dealkylation sites (tertiary alicyclic amines) is 1. The average Bonchev–Trinajstić information content (AvgIpc) is 2.66. The van der Waals surface area contributed by atoms with Gasteiger partial charge in [-0.2, -0.15) is 0 Å². The van der Waals surface area contributed by atoms with Crippen LogP contribution in [0.1, 0.15) is 25.3 Å². The van der Waals surface area contributed by atoms with Crippen molar-refractivity contribution in [3.63, 3.8) is 0 Å². The number of amides is 1. The highest BCUT2D eigenvalue weighted by atomic mass is 16.5. The first-order valence-electron chi connectivity index (χ1n) is 8.86. The molecule has 0 bridgehead atoms. The first-order valence-corrected chi connectivity index (χ1v) is 8.86. The predicted octanol–water partition coefficient (Wildman–Crippen LogP) is 3.90. The van der Waals surface area contributed by atoms with E-state index in [4.69, 9.17) is 9.47 Å². The van der Waals surface area contributed by atoms with Crippen LogP contribution >= 0.6 is 0 Å². The van der Waals surface area contributed by atoms with Gasteiger partial charge in [0.05, 0.1) is 6.61 Å². The van der Waals surface area contributed by atoms with Crippen LogP contribution in [-0.4, -0.2) is 30.5 Å². The van der Waals surface area contributed by atoms with Gasteiger partial charge in [-0.3, -0.25) is 4.79 Å². The second kappa shape index (κ2) is 8.56. The maximum atomic E-state index is 11.4. The smallest absolute Gasteiger partial charge is 0.219 e. The summed E-state index contributed by atoms with van der Waals surface area (Å²) in [5, 5.41) is 0. The number of hydrogen-bond acceptors (Lipinski definition) is 3. The first kappa shape index (κ1) is 17.3. The minimum absolute atomic E-state index is 0.169. The van der Waals surface area contributed by atoms with E-state index in [1.165, 1.54) is 0 Å². The second-order valence-electron chi connectivity index (χ2n) is 6.51. The minimum atomic E-state index is 0.169. The zero-order chi connectivity index (χ0) is 17.5. The van der Waals surface area contributed by atoms with Crippen molar-refractivity contribution in [1.29, 1.82) is 0 Å². The van der Waals surface area contributed by atoms with Crippen molar-refractivity contribution in [3.05, 3.63) is 60.2 Å². The topological polar surface area (TPSA) is 38.8 Å². The molecule has 1 saturated heterocycles. The number of carbonyl (C=O) groups is 1. The molecule has 3 rings (SSSR count). The number of piperidine rings is 1. The highest BCUT2D eigenvalue weighted by molar-refractivity contribution is 5.73. The van der Waals surface area contributed by atoms with Crippen LogP contribution in [-0.2, 0) is 11.4 Å². The molecule has 1 aliphatic rings. The lowest BCUT2D eigenvalue weighted by molar-refractivity contribution is -0.130. The van der Waals surface area contributed by atoms with Gasteiger partial charge >= 0.3 is 0 Å². The van der Waals surface area contributed by atoms with Gasteiger partial charge in [0.2, 0.25) is 5.91 Å². The van der Waals surface area contributed by atoms with E-state index in [1.807, 2.05) is 59.5 Å². The summed E-state index contributed by atoms with van der Waals surface area (Å²) in [6.07, 6.45) is 2.01. The summed E-state index contributed by atoms with van der Waals surface area (Å²) in [6, 6.07) is 17.9. The molecule has 0 aromatic heterocycles. The fourth-order valence-corrected chi connectivity index (χ4v) is 3.02. The van der Waals surface area contributed by atoms with Crippen LogP contribution in [0.15, 0.2) is 54.6 Å². The molecular weight excluding hydrogens is 314 g/mol. The molecule has 2 aromatic carbocycles. The molecule has 0 atom stereocenters. The normalized spacial score (nSPS) is 15.0. The van der Waals surface area contributed by atoms with Crippen LogP contribution in [0.4, 0.5) is 0 Å². The van der Waals surface area contributed by atoms with Gasteiger partial charge in [-0.25, -0.2) is 0 Å². The van der Waals surface area contributed by atoms with Gasteiger partial charge in [0.15, 0.2) is 0 Å². The Balaban J connectivity index is 1.46. The molecule has 25 heavy (non-hydrogen) atoms. The number of carbonyl (C=O) groups excluding carboxylic acids is 1. The minimum Gasteiger partial charge on any atom is -0.493 e. The summed E-state index contributed by atoms with van der Waals surface area (Å²) in [5.41, 5.74) is 1.14. The van der Waals surface area contributed by atoms with E-state index in [0.29, 0.717) is 19.1 Å². The molecule has 0 N–H and O–H groups in total. The van der Waals surface area contributed by atoms with Crippen LogP contribution < -0.4 is 9.47 Å². The van der Waals surface area contributed by atoms with E-state index in [0.717, 1.165) is 43.0 Å². The zero-order valence-electron chi connectivity index (χ0n) is 14.7. The third-order valence-electron chi connectivity index (χ3n) is 4.60. The lowest BCUT2D eigenvalue weighted by atomic mass is 9.98. The molecule has 4 nitrogen and oxygen atoms in total. The van der Waals surface area contributed by atoms with E-state index < -0.39 is 0 Å². The Bertz CT molecular complexity index is 679. The Morgan fingerprint density at radius 1 is 1.00 bits per heavy atom. The van der Waals surface area contributed by atoms with Crippen molar-refractivity contribution in [1.82, 2.24) is 4.90 Å². The Labute approximate surface area is 149 Å². The molecular formula is C21H25NO3. The Morgan fingerprint density at radius 3 is 2.36 bits per heavy atom. The lowest BCUT2D eigenvalue weighted by Crippen LogP contribution is -2.38. The summed E-state index contributed by atoms with van der Waals surface area (Å²) in [4.78, 5) is 13.3. The maximum Gasteiger partial charge on any atom is 0.219 e. The van der Waals surface area contributed by atoms with Crippen molar-refractivity contribution in [2.24, 2.45) is 5.92 Å². The quantitative estimate of drug-likeness (QED) is 0.801. The Hall–Kier alpha value is -2.49. The van der Waals surface area contributed by atoms with Crippen LogP contribution in [0.2, 0.25) is 0 Å². The second-order valence-corrected chi connectivity index (χ2v) is 6.51. The number of rotatable bonds is 6. The molecule has 2 aromatic rings. The summed E-state index contributed by atoms with van der Waals surface area (Å²) in [5.74, 6) is 2.32. The van der Waals surface area contributed by atoms with Gasteiger partial charge in [0, 0.05) is 26.1 Å². The zero-order valence-corrected chi connectivity index (χ0v) is 14.7. The molecule has 0 radical (unpaired) electrons. The Kier molecular flexibility index (Phi) is 5.94. The summed E-state index contributed by atoms with van der Waals surface area (Å²) in [7, 11) is 0. The number of ether oxygens (including phenoxy) is 2. The molecule has 0 spiro atoms. The van der Waals surface area contributed by atoms with Gasteiger partial charge in [-0.15, -0.1) is 0 Å². The molecule has 0 unspecified atom stereocenters. The highest BCUT2D eigenvalue weighted by Crippen LogP contribution is 2.23. The van der Waals surface area contributed by atoms with E-state index in [2.05, 4.69) is 0 Å². The average molecular weight is 339 g/mol.